The number of nitrogens with zero attached hydrogens (tertiary/aromatic N) is 1. The van der Waals surface area contributed by atoms with Crippen LogP contribution in [0, 0.1) is 5.92 Å². The minimum atomic E-state index is 0.0167. The molecule has 4 atom stereocenters. The minimum Gasteiger partial charge on any atom is -0.318 e. The molecule has 4 heteroatoms. The Labute approximate surface area is 125 Å². The summed E-state index contributed by atoms with van der Waals surface area (Å²) in [5, 5.41) is 5.67. The molecule has 20 heavy (non-hydrogen) atoms. The lowest BCUT2D eigenvalue weighted by atomic mass is 10.1. The van der Waals surface area contributed by atoms with Crippen molar-refractivity contribution in [1.29, 1.82) is 0 Å². The van der Waals surface area contributed by atoms with Crippen molar-refractivity contribution in [2.24, 2.45) is 5.92 Å². The summed E-state index contributed by atoms with van der Waals surface area (Å²) in [5.74, 6) is 1.08. The maximum Gasteiger partial charge on any atom is 0.241 e. The second kappa shape index (κ2) is 5.86. The molecule has 1 saturated heterocycles. The molecule has 1 aromatic rings. The maximum atomic E-state index is 12.8. The number of hydrogen-bond acceptors (Lipinski definition) is 3. The molecule has 0 aromatic carbocycles. The standard InChI is InChI=1S/C16H24N2OS/c1-3-5-13-16(19)18(12-8-7-11(2)10-12)15(17-13)14-6-4-9-20-14/h4,6,9,11-13,15,17H,3,5,7-8,10H2,1-2H3. The molecule has 1 aliphatic carbocycles. The van der Waals surface area contributed by atoms with Gasteiger partial charge in [-0.1, -0.05) is 26.3 Å². The maximum absolute atomic E-state index is 12.8. The van der Waals surface area contributed by atoms with Crippen LogP contribution in [0.3, 0.4) is 0 Å². The van der Waals surface area contributed by atoms with E-state index in [2.05, 4.69) is 41.6 Å². The normalized spacial score (nSPS) is 34.1. The van der Waals surface area contributed by atoms with Gasteiger partial charge in [0.05, 0.1) is 6.04 Å². The zero-order valence-corrected chi connectivity index (χ0v) is 13.2. The Balaban J connectivity index is 1.84. The molecular formula is C16H24N2OS. The highest BCUT2D eigenvalue weighted by molar-refractivity contribution is 7.10. The molecule has 3 nitrogen and oxygen atoms in total. The minimum absolute atomic E-state index is 0.0167. The first kappa shape index (κ1) is 14.1. The molecule has 2 fully saturated rings. The molecule has 0 spiro atoms. The van der Waals surface area contributed by atoms with Gasteiger partial charge in [-0.2, -0.15) is 0 Å². The van der Waals surface area contributed by atoms with E-state index in [1.807, 2.05) is 0 Å². The van der Waals surface area contributed by atoms with Gasteiger partial charge in [0.2, 0.25) is 5.91 Å². The Hall–Kier alpha value is -0.870. The Kier molecular flexibility index (Phi) is 4.13. The SMILES string of the molecule is CCCC1NC(c2cccs2)N(C2CCC(C)C2)C1=O. The van der Waals surface area contributed by atoms with E-state index in [1.165, 1.54) is 11.3 Å². The van der Waals surface area contributed by atoms with Crippen molar-refractivity contribution in [2.45, 2.75) is 64.2 Å². The molecule has 1 amide bonds. The molecular weight excluding hydrogens is 268 g/mol. The van der Waals surface area contributed by atoms with Crippen LogP contribution in [0.25, 0.3) is 0 Å². The molecule has 0 radical (unpaired) electrons. The van der Waals surface area contributed by atoms with Crippen molar-refractivity contribution < 1.29 is 4.79 Å². The lowest BCUT2D eigenvalue weighted by molar-refractivity contribution is -0.132. The first-order valence-corrected chi connectivity index (χ1v) is 8.70. The summed E-state index contributed by atoms with van der Waals surface area (Å²) in [6, 6.07) is 4.67. The van der Waals surface area contributed by atoms with E-state index >= 15 is 0 Å². The predicted molar refractivity (Wildman–Crippen MR) is 82.5 cm³/mol. The Morgan fingerprint density at radius 1 is 1.45 bits per heavy atom. The summed E-state index contributed by atoms with van der Waals surface area (Å²) in [7, 11) is 0. The van der Waals surface area contributed by atoms with Gasteiger partial charge in [-0.25, -0.2) is 0 Å². The van der Waals surface area contributed by atoms with Gasteiger partial charge in [0, 0.05) is 10.9 Å². The number of hydrogen-bond donors (Lipinski definition) is 1. The van der Waals surface area contributed by atoms with Gasteiger partial charge in [-0.05, 0) is 43.0 Å². The lowest BCUT2D eigenvalue weighted by Crippen LogP contribution is -2.38. The molecule has 1 aromatic heterocycles. The topological polar surface area (TPSA) is 32.3 Å². The van der Waals surface area contributed by atoms with Crippen molar-refractivity contribution in [3.05, 3.63) is 22.4 Å². The molecule has 1 aliphatic heterocycles. The average Bonchev–Trinajstić information content (AvgIpc) is 3.12. The second-order valence-corrected chi connectivity index (χ2v) is 7.22. The summed E-state index contributed by atoms with van der Waals surface area (Å²) in [6.07, 6.45) is 5.68. The highest BCUT2D eigenvalue weighted by Crippen LogP contribution is 2.38. The van der Waals surface area contributed by atoms with Crippen LogP contribution < -0.4 is 5.32 Å². The van der Waals surface area contributed by atoms with Crippen LogP contribution >= 0.6 is 11.3 Å². The van der Waals surface area contributed by atoms with Crippen LogP contribution in [0.1, 0.15) is 57.0 Å². The molecule has 1 saturated carbocycles. The van der Waals surface area contributed by atoms with Crippen molar-refractivity contribution in [3.8, 4) is 0 Å². The van der Waals surface area contributed by atoms with Crippen molar-refractivity contribution in [3.63, 3.8) is 0 Å². The molecule has 0 bridgehead atoms. The van der Waals surface area contributed by atoms with Gasteiger partial charge in [0.25, 0.3) is 0 Å². The van der Waals surface area contributed by atoms with E-state index in [4.69, 9.17) is 0 Å². The number of rotatable bonds is 4. The van der Waals surface area contributed by atoms with Gasteiger partial charge in [0.15, 0.2) is 0 Å². The fourth-order valence-corrected chi connectivity index (χ4v) is 4.41. The molecule has 2 heterocycles. The van der Waals surface area contributed by atoms with Crippen molar-refractivity contribution >= 4 is 17.2 Å². The predicted octanol–water partition coefficient (Wildman–Crippen LogP) is 3.54. The third-order valence-corrected chi connectivity index (χ3v) is 5.57. The smallest absolute Gasteiger partial charge is 0.241 e. The largest absolute Gasteiger partial charge is 0.318 e. The Bertz CT molecular complexity index is 459. The lowest BCUT2D eigenvalue weighted by Gasteiger charge is -2.29. The van der Waals surface area contributed by atoms with Crippen LogP contribution in [0.4, 0.5) is 0 Å². The zero-order chi connectivity index (χ0) is 14.1. The third kappa shape index (κ3) is 2.51. The first-order valence-electron chi connectivity index (χ1n) is 7.82. The summed E-state index contributed by atoms with van der Waals surface area (Å²) in [5.41, 5.74) is 0. The number of carbonyl (C=O) groups is 1. The highest BCUT2D eigenvalue weighted by atomic mass is 32.1. The monoisotopic (exact) mass is 292 g/mol. The number of amides is 1. The summed E-state index contributed by atoms with van der Waals surface area (Å²) < 4.78 is 0. The van der Waals surface area contributed by atoms with Crippen molar-refractivity contribution in [2.75, 3.05) is 0 Å². The zero-order valence-electron chi connectivity index (χ0n) is 12.3. The molecule has 110 valence electrons. The van der Waals surface area contributed by atoms with Crippen LogP contribution in [-0.4, -0.2) is 22.9 Å². The fourth-order valence-electron chi connectivity index (χ4n) is 3.63. The summed E-state index contributed by atoms with van der Waals surface area (Å²) in [4.78, 5) is 16.2. The van der Waals surface area contributed by atoms with E-state index in [0.29, 0.717) is 11.9 Å². The van der Waals surface area contributed by atoms with Crippen LogP contribution in [0.5, 0.6) is 0 Å². The van der Waals surface area contributed by atoms with Crippen molar-refractivity contribution in [1.82, 2.24) is 10.2 Å². The van der Waals surface area contributed by atoms with Gasteiger partial charge in [0.1, 0.15) is 6.17 Å². The Morgan fingerprint density at radius 2 is 2.30 bits per heavy atom. The summed E-state index contributed by atoms with van der Waals surface area (Å²) >= 11 is 1.75. The molecule has 3 rings (SSSR count). The molecule has 1 N–H and O–H groups in total. The van der Waals surface area contributed by atoms with Gasteiger partial charge < -0.3 is 4.90 Å². The van der Waals surface area contributed by atoms with Gasteiger partial charge in [-0.3, -0.25) is 10.1 Å². The number of nitrogens with one attached hydrogen (secondary N) is 1. The van der Waals surface area contributed by atoms with Crippen LogP contribution in [-0.2, 0) is 4.79 Å². The quantitative estimate of drug-likeness (QED) is 0.920. The van der Waals surface area contributed by atoms with Crippen LogP contribution in [0.15, 0.2) is 17.5 Å². The summed E-state index contributed by atoms with van der Waals surface area (Å²) in [6.45, 7) is 4.45. The number of thiophene rings is 1. The fraction of sp³-hybridized carbons (Fsp3) is 0.688. The van der Waals surface area contributed by atoms with E-state index in [0.717, 1.165) is 31.6 Å². The number of carbonyl (C=O) groups excluding carboxylic acids is 1. The van der Waals surface area contributed by atoms with E-state index in [1.54, 1.807) is 11.3 Å². The van der Waals surface area contributed by atoms with Crippen LogP contribution in [0.2, 0.25) is 0 Å². The van der Waals surface area contributed by atoms with Gasteiger partial charge in [-0.15, -0.1) is 11.3 Å². The van der Waals surface area contributed by atoms with Gasteiger partial charge >= 0.3 is 0 Å². The van der Waals surface area contributed by atoms with E-state index in [9.17, 15) is 4.79 Å². The molecule has 2 aliphatic rings. The average molecular weight is 292 g/mol. The third-order valence-electron chi connectivity index (χ3n) is 4.64. The second-order valence-electron chi connectivity index (χ2n) is 6.24. The molecule has 4 unspecified atom stereocenters. The Morgan fingerprint density at radius 3 is 2.90 bits per heavy atom. The van der Waals surface area contributed by atoms with E-state index < -0.39 is 0 Å². The van der Waals surface area contributed by atoms with E-state index in [-0.39, 0.29) is 12.2 Å². The first-order chi connectivity index (χ1) is 9.70. The highest BCUT2D eigenvalue weighted by Gasteiger charge is 2.44.